The van der Waals surface area contributed by atoms with E-state index in [1.54, 1.807) is 0 Å². The van der Waals surface area contributed by atoms with Gasteiger partial charge in [0.15, 0.2) is 0 Å². The quantitative estimate of drug-likeness (QED) is 0.732. The van der Waals surface area contributed by atoms with E-state index in [1.165, 1.54) is 6.92 Å². The Morgan fingerprint density at radius 1 is 1.44 bits per heavy atom. The van der Waals surface area contributed by atoms with Crippen LogP contribution in [-0.4, -0.2) is 10.8 Å². The fourth-order valence-corrected chi connectivity index (χ4v) is 3.25. The molecule has 0 fully saturated rings. The van der Waals surface area contributed by atoms with E-state index in [0.717, 1.165) is 11.3 Å². The summed E-state index contributed by atoms with van der Waals surface area (Å²) < 4.78 is 38.4. The smallest absolute Gasteiger partial charge is 0.383 e. The first-order chi connectivity index (χ1) is 7.30. The molecule has 1 aliphatic rings. The fourth-order valence-electron chi connectivity index (χ4n) is 1.71. The number of rotatable bonds is 0. The molecule has 1 aromatic rings. The zero-order valence-corrected chi connectivity index (χ0v) is 9.82. The van der Waals surface area contributed by atoms with Gasteiger partial charge in [-0.3, -0.25) is 0 Å². The summed E-state index contributed by atoms with van der Waals surface area (Å²) in [6.07, 6.45) is -4.12. The van der Waals surface area contributed by atoms with Gasteiger partial charge in [0.2, 0.25) is 0 Å². The number of amidine groups is 1. The minimum absolute atomic E-state index is 0.0172. The third-order valence-electron chi connectivity index (χ3n) is 2.25. The van der Waals surface area contributed by atoms with Crippen LogP contribution in [0.3, 0.4) is 0 Å². The minimum atomic E-state index is -4.40. The molecule has 2 rings (SSSR count). The predicted molar refractivity (Wildman–Crippen MR) is 61.1 cm³/mol. The van der Waals surface area contributed by atoms with Crippen molar-refractivity contribution < 1.29 is 13.2 Å². The van der Waals surface area contributed by atoms with Crippen molar-refractivity contribution in [2.45, 2.75) is 19.5 Å². The molecule has 0 unspecified atom stereocenters. The molecule has 16 heavy (non-hydrogen) atoms. The lowest BCUT2D eigenvalue weighted by Gasteiger charge is -2.13. The number of alkyl halides is 3. The highest BCUT2D eigenvalue weighted by Crippen LogP contribution is 2.41. The number of halogens is 3. The molecule has 0 aliphatic carbocycles. The molecule has 0 spiro atoms. The van der Waals surface area contributed by atoms with Crippen LogP contribution >= 0.6 is 23.6 Å². The average molecular weight is 264 g/mol. The van der Waals surface area contributed by atoms with Crippen LogP contribution in [0.15, 0.2) is 4.99 Å². The lowest BCUT2D eigenvalue weighted by Crippen LogP contribution is -2.25. The Balaban J connectivity index is 2.69. The van der Waals surface area contributed by atoms with Crippen LogP contribution in [0.25, 0.3) is 0 Å². The Morgan fingerprint density at radius 3 is 2.62 bits per heavy atom. The number of hydrogen-bond acceptors (Lipinski definition) is 3. The SMILES string of the molecule is Cc1sc2c(c1C(F)(F)F)C(N)=NC(=S)C2. The second-order valence-electron chi connectivity index (χ2n) is 3.40. The van der Waals surface area contributed by atoms with Crippen LogP contribution in [0.2, 0.25) is 0 Å². The number of nitrogens with zero attached hydrogens (tertiary/aromatic N) is 1. The predicted octanol–water partition coefficient (Wildman–Crippen LogP) is 2.66. The van der Waals surface area contributed by atoms with Crippen molar-refractivity contribution in [2.75, 3.05) is 0 Å². The zero-order valence-electron chi connectivity index (χ0n) is 8.18. The summed E-state index contributed by atoms with van der Waals surface area (Å²) in [7, 11) is 0. The van der Waals surface area contributed by atoms with Crippen LogP contribution in [0, 0.1) is 6.92 Å². The van der Waals surface area contributed by atoms with Gasteiger partial charge in [-0.25, -0.2) is 4.99 Å². The lowest BCUT2D eigenvalue weighted by atomic mass is 10.0. The summed E-state index contributed by atoms with van der Waals surface area (Å²) >= 11 is 5.95. The molecule has 2 N–H and O–H groups in total. The van der Waals surface area contributed by atoms with Gasteiger partial charge >= 0.3 is 6.18 Å². The largest absolute Gasteiger partial charge is 0.418 e. The van der Waals surface area contributed by atoms with Gasteiger partial charge < -0.3 is 5.73 Å². The van der Waals surface area contributed by atoms with Crippen molar-refractivity contribution >= 4 is 34.4 Å². The molecule has 0 saturated heterocycles. The number of thiophene rings is 1. The lowest BCUT2D eigenvalue weighted by molar-refractivity contribution is -0.137. The molecule has 86 valence electrons. The van der Waals surface area contributed by atoms with E-state index in [-0.39, 0.29) is 22.7 Å². The van der Waals surface area contributed by atoms with E-state index >= 15 is 0 Å². The molecular formula is C9H7F3N2S2. The number of hydrogen-bond donors (Lipinski definition) is 1. The summed E-state index contributed by atoms with van der Waals surface area (Å²) in [6, 6.07) is 0. The van der Waals surface area contributed by atoms with Gasteiger partial charge in [0.25, 0.3) is 0 Å². The van der Waals surface area contributed by atoms with Gasteiger partial charge in [-0.15, -0.1) is 11.3 Å². The maximum absolute atomic E-state index is 12.8. The highest BCUT2D eigenvalue weighted by Gasteiger charge is 2.40. The molecule has 2 nitrogen and oxygen atoms in total. The van der Waals surface area contributed by atoms with E-state index in [2.05, 4.69) is 4.99 Å². The Bertz CT molecular complexity index is 500. The molecule has 0 radical (unpaired) electrons. The minimum Gasteiger partial charge on any atom is -0.383 e. The van der Waals surface area contributed by atoms with Crippen molar-refractivity contribution in [3.05, 3.63) is 20.9 Å². The number of fused-ring (bicyclic) bond motifs is 1. The van der Waals surface area contributed by atoms with E-state index in [4.69, 9.17) is 18.0 Å². The normalized spacial score (nSPS) is 16.0. The number of nitrogens with two attached hydrogens (primary N) is 1. The Morgan fingerprint density at radius 2 is 2.06 bits per heavy atom. The van der Waals surface area contributed by atoms with Gasteiger partial charge in [-0.1, -0.05) is 12.2 Å². The second kappa shape index (κ2) is 3.53. The third kappa shape index (κ3) is 1.73. The van der Waals surface area contributed by atoms with Crippen LogP contribution in [0.5, 0.6) is 0 Å². The molecular weight excluding hydrogens is 257 g/mol. The Hall–Kier alpha value is -0.950. The maximum Gasteiger partial charge on any atom is 0.418 e. The monoisotopic (exact) mass is 264 g/mol. The van der Waals surface area contributed by atoms with Gasteiger partial charge in [0.1, 0.15) is 10.8 Å². The van der Waals surface area contributed by atoms with Crippen LogP contribution in [0.4, 0.5) is 13.2 Å². The third-order valence-corrected chi connectivity index (χ3v) is 3.59. The highest BCUT2D eigenvalue weighted by atomic mass is 32.1. The number of thiocarbonyl (C=S) groups is 1. The first-order valence-electron chi connectivity index (χ1n) is 4.37. The first-order valence-corrected chi connectivity index (χ1v) is 5.60. The summed E-state index contributed by atoms with van der Waals surface area (Å²) in [6.45, 7) is 1.43. The number of aryl methyl sites for hydroxylation is 1. The summed E-state index contributed by atoms with van der Waals surface area (Å²) in [5.74, 6) is -0.122. The van der Waals surface area contributed by atoms with Gasteiger partial charge in [-0.2, -0.15) is 13.2 Å². The summed E-state index contributed by atoms with van der Waals surface area (Å²) in [4.78, 5) is 4.84. The van der Waals surface area contributed by atoms with Gasteiger partial charge in [-0.05, 0) is 6.92 Å². The summed E-state index contributed by atoms with van der Waals surface area (Å²) in [5.41, 5.74) is 4.86. The molecule has 0 saturated carbocycles. The van der Waals surface area contributed by atoms with Crippen LogP contribution < -0.4 is 5.73 Å². The average Bonchev–Trinajstić information content (AvgIpc) is 2.39. The molecule has 0 bridgehead atoms. The molecule has 1 aliphatic heterocycles. The van der Waals surface area contributed by atoms with Crippen LogP contribution in [0.1, 0.15) is 20.9 Å². The van der Waals surface area contributed by atoms with Crippen molar-refractivity contribution in [3.63, 3.8) is 0 Å². The number of aliphatic imine (C=N–C) groups is 1. The maximum atomic E-state index is 12.8. The van der Waals surface area contributed by atoms with Gasteiger partial charge in [0.05, 0.1) is 5.56 Å². The summed E-state index contributed by atoms with van der Waals surface area (Å²) in [5, 5.41) is 0. The van der Waals surface area contributed by atoms with E-state index < -0.39 is 11.7 Å². The van der Waals surface area contributed by atoms with Crippen molar-refractivity contribution in [3.8, 4) is 0 Å². The molecule has 1 aromatic heterocycles. The molecule has 7 heteroatoms. The van der Waals surface area contributed by atoms with E-state index in [9.17, 15) is 13.2 Å². The Kier molecular flexibility index (Phi) is 2.54. The molecule has 0 aromatic carbocycles. The van der Waals surface area contributed by atoms with E-state index in [1.807, 2.05) is 0 Å². The molecule has 2 heterocycles. The topological polar surface area (TPSA) is 38.4 Å². The van der Waals surface area contributed by atoms with Crippen molar-refractivity contribution in [1.82, 2.24) is 0 Å². The second-order valence-corrected chi connectivity index (χ2v) is 5.18. The molecule has 0 amide bonds. The van der Waals surface area contributed by atoms with Gasteiger partial charge in [0, 0.05) is 21.7 Å². The van der Waals surface area contributed by atoms with Crippen molar-refractivity contribution in [1.29, 1.82) is 0 Å². The fraction of sp³-hybridized carbons (Fsp3) is 0.333. The zero-order chi connectivity index (χ0) is 12.1. The van der Waals surface area contributed by atoms with E-state index in [0.29, 0.717) is 9.87 Å². The standard InChI is InChI=1S/C9H7F3N2S2/c1-3-7(9(10,11)12)6-4(16-3)2-5(15)14-8(6)13/h2H2,1H3,(H2,13,14,15). The van der Waals surface area contributed by atoms with Crippen LogP contribution in [-0.2, 0) is 12.6 Å². The van der Waals surface area contributed by atoms with Crippen molar-refractivity contribution in [2.24, 2.45) is 10.7 Å². The highest BCUT2D eigenvalue weighted by molar-refractivity contribution is 7.80. The molecule has 0 atom stereocenters. The Labute approximate surface area is 99.0 Å². The first kappa shape index (κ1) is 11.5.